The Morgan fingerprint density at radius 3 is 2.04 bits per heavy atom. The third-order valence-electron chi connectivity index (χ3n) is 4.33. The van der Waals surface area contributed by atoms with E-state index in [2.05, 4.69) is 33.5 Å². The van der Waals surface area contributed by atoms with Crippen LogP contribution in [-0.2, 0) is 0 Å². The zero-order chi connectivity index (χ0) is 18.1. The molecule has 0 bridgehead atoms. The lowest BCUT2D eigenvalue weighted by atomic mass is 9.98. The van der Waals surface area contributed by atoms with Gasteiger partial charge in [0.15, 0.2) is 5.16 Å². The van der Waals surface area contributed by atoms with Crippen LogP contribution in [0.3, 0.4) is 0 Å². The predicted octanol–water partition coefficient (Wildman–Crippen LogP) is 5.09. The van der Waals surface area contributed by atoms with Crippen LogP contribution in [0.25, 0.3) is 10.9 Å². The first-order valence-corrected chi connectivity index (χ1v) is 9.40. The van der Waals surface area contributed by atoms with Gasteiger partial charge in [0.1, 0.15) is 0 Å². The van der Waals surface area contributed by atoms with Crippen LogP contribution in [0.2, 0.25) is 0 Å². The van der Waals surface area contributed by atoms with Gasteiger partial charge in [-0.3, -0.25) is 9.36 Å². The smallest absolute Gasteiger partial charge is 0.262 e. The summed E-state index contributed by atoms with van der Waals surface area (Å²) in [6.45, 7) is 0. The van der Waals surface area contributed by atoms with Gasteiger partial charge in [-0.15, -0.1) is 12.6 Å². The molecule has 0 atom stereocenters. The van der Waals surface area contributed by atoms with Crippen molar-refractivity contribution in [2.45, 2.75) is 11.2 Å². The van der Waals surface area contributed by atoms with Crippen LogP contribution in [0.1, 0.15) is 17.2 Å². The fourth-order valence-electron chi connectivity index (χ4n) is 3.15. The number of halogens is 1. The molecule has 0 amide bonds. The second-order valence-electron chi connectivity index (χ2n) is 5.97. The van der Waals surface area contributed by atoms with Gasteiger partial charge in [0, 0.05) is 4.47 Å². The monoisotopic (exact) mass is 422 g/mol. The van der Waals surface area contributed by atoms with Gasteiger partial charge in [0.25, 0.3) is 5.56 Å². The SMILES string of the molecule is O=c1c2cc(Br)ccc2nc(S)n1C(c1ccccc1)c1ccccc1. The number of rotatable bonds is 3. The van der Waals surface area contributed by atoms with Gasteiger partial charge in [0.2, 0.25) is 0 Å². The highest BCUT2D eigenvalue weighted by molar-refractivity contribution is 9.10. The van der Waals surface area contributed by atoms with Crippen molar-refractivity contribution in [2.75, 3.05) is 0 Å². The lowest BCUT2D eigenvalue weighted by molar-refractivity contribution is 0.579. The molecule has 3 nitrogen and oxygen atoms in total. The second-order valence-corrected chi connectivity index (χ2v) is 7.29. The van der Waals surface area contributed by atoms with E-state index in [1.54, 1.807) is 10.6 Å². The van der Waals surface area contributed by atoms with Gasteiger partial charge in [0.05, 0.1) is 16.9 Å². The van der Waals surface area contributed by atoms with E-state index in [-0.39, 0.29) is 11.6 Å². The van der Waals surface area contributed by atoms with E-state index < -0.39 is 0 Å². The summed E-state index contributed by atoms with van der Waals surface area (Å²) in [5.41, 5.74) is 2.54. The number of hydrogen-bond acceptors (Lipinski definition) is 3. The molecule has 0 radical (unpaired) electrons. The molecular formula is C21H15BrN2OS. The number of aromatic nitrogens is 2. The summed E-state index contributed by atoms with van der Waals surface area (Å²) in [7, 11) is 0. The molecule has 1 aromatic heterocycles. The van der Waals surface area contributed by atoms with Gasteiger partial charge >= 0.3 is 0 Å². The summed E-state index contributed by atoms with van der Waals surface area (Å²) in [4.78, 5) is 17.9. The highest BCUT2D eigenvalue weighted by atomic mass is 79.9. The summed E-state index contributed by atoms with van der Waals surface area (Å²) in [6, 6.07) is 25.1. The maximum Gasteiger partial charge on any atom is 0.262 e. The molecule has 0 saturated heterocycles. The van der Waals surface area contributed by atoms with Crippen LogP contribution in [0.15, 0.2) is 93.3 Å². The van der Waals surface area contributed by atoms with Crippen molar-refractivity contribution >= 4 is 39.5 Å². The fourth-order valence-corrected chi connectivity index (χ4v) is 3.83. The van der Waals surface area contributed by atoms with E-state index in [4.69, 9.17) is 0 Å². The number of thiol groups is 1. The van der Waals surface area contributed by atoms with Gasteiger partial charge in [-0.05, 0) is 29.3 Å². The molecule has 3 aromatic carbocycles. The minimum Gasteiger partial charge on any atom is -0.275 e. The highest BCUT2D eigenvalue weighted by Crippen LogP contribution is 2.28. The fraction of sp³-hybridized carbons (Fsp3) is 0.0476. The molecule has 0 N–H and O–H groups in total. The lowest BCUT2D eigenvalue weighted by Crippen LogP contribution is -2.28. The topological polar surface area (TPSA) is 34.9 Å². The first kappa shape index (κ1) is 17.1. The molecule has 1 heterocycles. The molecule has 0 spiro atoms. The molecule has 0 saturated carbocycles. The first-order valence-electron chi connectivity index (χ1n) is 8.16. The molecule has 128 valence electrons. The average Bonchev–Trinajstić information content (AvgIpc) is 2.67. The molecule has 0 aliphatic heterocycles. The molecule has 0 fully saturated rings. The number of fused-ring (bicyclic) bond motifs is 1. The summed E-state index contributed by atoms with van der Waals surface area (Å²) in [5, 5.41) is 0.955. The normalized spacial score (nSPS) is 11.2. The van der Waals surface area contributed by atoms with Gasteiger partial charge in [-0.2, -0.15) is 0 Å². The largest absolute Gasteiger partial charge is 0.275 e. The highest BCUT2D eigenvalue weighted by Gasteiger charge is 2.21. The Kier molecular flexibility index (Phi) is 4.66. The van der Waals surface area contributed by atoms with Crippen molar-refractivity contribution in [3.63, 3.8) is 0 Å². The summed E-state index contributed by atoms with van der Waals surface area (Å²) < 4.78 is 2.50. The Balaban J connectivity index is 2.05. The van der Waals surface area contributed by atoms with Gasteiger partial charge < -0.3 is 0 Å². The quantitative estimate of drug-likeness (QED) is 0.368. The van der Waals surface area contributed by atoms with Crippen molar-refractivity contribution in [3.05, 3.63) is 105 Å². The van der Waals surface area contributed by atoms with E-state index in [1.807, 2.05) is 72.8 Å². The van der Waals surface area contributed by atoms with Crippen LogP contribution in [0.5, 0.6) is 0 Å². The van der Waals surface area contributed by atoms with Gasteiger partial charge in [-0.25, -0.2) is 4.98 Å². The van der Waals surface area contributed by atoms with E-state index >= 15 is 0 Å². The number of benzene rings is 3. The van der Waals surface area contributed by atoms with Crippen LogP contribution in [-0.4, -0.2) is 9.55 Å². The van der Waals surface area contributed by atoms with Crippen LogP contribution >= 0.6 is 28.6 Å². The minimum absolute atomic E-state index is 0.112. The zero-order valence-electron chi connectivity index (χ0n) is 13.7. The predicted molar refractivity (Wildman–Crippen MR) is 111 cm³/mol. The van der Waals surface area contributed by atoms with Crippen LogP contribution in [0, 0.1) is 0 Å². The van der Waals surface area contributed by atoms with Crippen molar-refractivity contribution in [1.82, 2.24) is 9.55 Å². The summed E-state index contributed by atoms with van der Waals surface area (Å²) in [5.74, 6) is 0. The molecular weight excluding hydrogens is 408 g/mol. The molecule has 4 rings (SSSR count). The van der Waals surface area contributed by atoms with E-state index in [0.717, 1.165) is 15.6 Å². The van der Waals surface area contributed by atoms with Crippen LogP contribution < -0.4 is 5.56 Å². The Morgan fingerprint density at radius 2 is 1.46 bits per heavy atom. The molecule has 5 heteroatoms. The van der Waals surface area contributed by atoms with Crippen molar-refractivity contribution < 1.29 is 0 Å². The molecule has 0 aliphatic rings. The standard InChI is InChI=1S/C21H15BrN2OS/c22-16-11-12-18-17(13-16)20(25)24(21(26)23-18)19(14-7-3-1-4-8-14)15-9-5-2-6-10-15/h1-13,19H,(H,23,26). The molecule has 4 aromatic rings. The van der Waals surface area contributed by atoms with Crippen molar-refractivity contribution in [2.24, 2.45) is 0 Å². The molecule has 0 unspecified atom stereocenters. The van der Waals surface area contributed by atoms with E-state index in [9.17, 15) is 4.79 Å². The Labute approximate surface area is 164 Å². The van der Waals surface area contributed by atoms with Crippen LogP contribution in [0.4, 0.5) is 0 Å². The summed E-state index contributed by atoms with van der Waals surface area (Å²) in [6.07, 6.45) is 0. The van der Waals surface area contributed by atoms with Crippen molar-refractivity contribution in [3.8, 4) is 0 Å². The average molecular weight is 423 g/mol. The number of nitrogens with zero attached hydrogens (tertiary/aromatic N) is 2. The maximum atomic E-state index is 13.3. The third kappa shape index (κ3) is 3.08. The summed E-state index contributed by atoms with van der Waals surface area (Å²) >= 11 is 7.99. The minimum atomic E-state index is -0.298. The number of hydrogen-bond donors (Lipinski definition) is 1. The van der Waals surface area contributed by atoms with Crippen molar-refractivity contribution in [1.29, 1.82) is 0 Å². The Morgan fingerprint density at radius 1 is 0.885 bits per heavy atom. The zero-order valence-corrected chi connectivity index (χ0v) is 16.2. The Hall–Kier alpha value is -2.37. The van der Waals surface area contributed by atoms with E-state index in [0.29, 0.717) is 16.1 Å². The van der Waals surface area contributed by atoms with E-state index in [1.165, 1.54) is 0 Å². The molecule has 0 aliphatic carbocycles. The lowest BCUT2D eigenvalue weighted by Gasteiger charge is -2.23. The molecule has 26 heavy (non-hydrogen) atoms. The van der Waals surface area contributed by atoms with Gasteiger partial charge in [-0.1, -0.05) is 76.6 Å². The Bertz CT molecular complexity index is 1090. The third-order valence-corrected chi connectivity index (χ3v) is 5.14. The second kappa shape index (κ2) is 7.09. The maximum absolute atomic E-state index is 13.3. The first-order chi connectivity index (χ1) is 12.6.